The summed E-state index contributed by atoms with van der Waals surface area (Å²) in [6.45, 7) is 5.47. The summed E-state index contributed by atoms with van der Waals surface area (Å²) in [5.74, 6) is 1.03. The van der Waals surface area contributed by atoms with Crippen LogP contribution in [0.4, 0.5) is 0 Å². The van der Waals surface area contributed by atoms with Crippen molar-refractivity contribution >= 4 is 15.8 Å². The lowest BCUT2D eigenvalue weighted by molar-refractivity contribution is 0.576. The van der Waals surface area contributed by atoms with E-state index in [0.717, 1.165) is 24.1 Å². The predicted octanol–water partition coefficient (Wildman–Crippen LogP) is 1.68. The van der Waals surface area contributed by atoms with Gasteiger partial charge in [-0.25, -0.2) is 13.4 Å². The molecule has 0 heterocycles. The Morgan fingerprint density at radius 1 is 1.29 bits per heavy atom. The highest BCUT2D eigenvalue weighted by Gasteiger charge is 2.08. The Bertz CT molecular complexity index is 580. The molecule has 0 aliphatic rings. The second-order valence-electron chi connectivity index (χ2n) is 5.65. The predicted molar refractivity (Wildman–Crippen MR) is 87.8 cm³/mol. The Kier molecular flexibility index (Phi) is 6.68. The number of hydrogen-bond acceptors (Lipinski definition) is 3. The monoisotopic (exact) mass is 311 g/mol. The first-order valence-corrected chi connectivity index (χ1v) is 9.12. The zero-order chi connectivity index (χ0) is 15.9. The van der Waals surface area contributed by atoms with Crippen LogP contribution in [-0.2, 0) is 22.1 Å². The molecule has 0 saturated heterocycles. The van der Waals surface area contributed by atoms with E-state index >= 15 is 0 Å². The number of nitrogens with zero attached hydrogens (tertiary/aromatic N) is 1. The summed E-state index contributed by atoms with van der Waals surface area (Å²) in [4.78, 5) is 4.27. The normalized spacial score (nSPS) is 12.7. The highest BCUT2D eigenvalue weighted by molar-refractivity contribution is 7.89. The molecule has 0 radical (unpaired) electrons. The van der Waals surface area contributed by atoms with Crippen LogP contribution in [0.15, 0.2) is 29.3 Å². The molecular formula is C15H25N3O2S. The van der Waals surface area contributed by atoms with Crippen LogP contribution in [0.2, 0.25) is 0 Å². The highest BCUT2D eigenvalue weighted by atomic mass is 32.2. The molecule has 1 aromatic rings. The van der Waals surface area contributed by atoms with Gasteiger partial charge in [0.2, 0.25) is 0 Å². The van der Waals surface area contributed by atoms with Gasteiger partial charge in [0, 0.05) is 12.8 Å². The average Bonchev–Trinajstić information content (AvgIpc) is 2.35. The number of nitrogens with one attached hydrogen (secondary N) is 1. The third kappa shape index (κ3) is 7.70. The summed E-state index contributed by atoms with van der Waals surface area (Å²) in [7, 11) is -3.06. The van der Waals surface area contributed by atoms with Gasteiger partial charge in [-0.1, -0.05) is 38.1 Å². The number of benzene rings is 1. The molecule has 6 heteroatoms. The summed E-state index contributed by atoms with van der Waals surface area (Å²) in [6, 6.07) is 7.40. The number of hydrogen-bond donors (Lipinski definition) is 2. The van der Waals surface area contributed by atoms with E-state index in [1.54, 1.807) is 0 Å². The molecule has 0 spiro atoms. The van der Waals surface area contributed by atoms with Crippen molar-refractivity contribution in [2.75, 3.05) is 12.8 Å². The van der Waals surface area contributed by atoms with Gasteiger partial charge in [-0.3, -0.25) is 0 Å². The zero-order valence-corrected chi connectivity index (χ0v) is 13.8. The lowest BCUT2D eigenvalue weighted by Gasteiger charge is -2.09. The van der Waals surface area contributed by atoms with Gasteiger partial charge in [-0.2, -0.15) is 0 Å². The van der Waals surface area contributed by atoms with Crippen molar-refractivity contribution in [1.29, 1.82) is 0 Å². The lowest BCUT2D eigenvalue weighted by atomic mass is 10.1. The molecule has 0 fully saturated rings. The van der Waals surface area contributed by atoms with Gasteiger partial charge < -0.3 is 11.1 Å². The summed E-state index contributed by atoms with van der Waals surface area (Å²) in [5.41, 5.74) is 7.47. The van der Waals surface area contributed by atoms with E-state index in [9.17, 15) is 8.42 Å². The SMILES string of the molecule is CC(C)CCNC(N)=NCc1ccccc1CS(C)(=O)=O. The minimum atomic E-state index is -3.06. The first-order valence-electron chi connectivity index (χ1n) is 7.06. The molecule has 5 nitrogen and oxygen atoms in total. The molecular weight excluding hydrogens is 286 g/mol. The topological polar surface area (TPSA) is 84.5 Å². The Labute approximate surface area is 127 Å². The van der Waals surface area contributed by atoms with Crippen LogP contribution in [0, 0.1) is 5.92 Å². The van der Waals surface area contributed by atoms with Crippen molar-refractivity contribution in [3.63, 3.8) is 0 Å². The molecule has 0 atom stereocenters. The van der Waals surface area contributed by atoms with Crippen LogP contribution in [0.3, 0.4) is 0 Å². The molecule has 1 rings (SSSR count). The van der Waals surface area contributed by atoms with Crippen LogP contribution in [0.5, 0.6) is 0 Å². The van der Waals surface area contributed by atoms with Gasteiger partial charge in [0.1, 0.15) is 0 Å². The average molecular weight is 311 g/mol. The van der Waals surface area contributed by atoms with E-state index in [-0.39, 0.29) is 5.75 Å². The summed E-state index contributed by atoms with van der Waals surface area (Å²) >= 11 is 0. The standard InChI is InChI=1S/C15H25N3O2S/c1-12(2)8-9-17-15(16)18-10-13-6-4-5-7-14(13)11-21(3,19)20/h4-7,12H,8-11H2,1-3H3,(H3,16,17,18). The molecule has 0 bridgehead atoms. The van der Waals surface area contributed by atoms with Crippen LogP contribution in [0.1, 0.15) is 31.4 Å². The maximum atomic E-state index is 11.4. The van der Waals surface area contributed by atoms with Crippen molar-refractivity contribution < 1.29 is 8.42 Å². The van der Waals surface area contributed by atoms with Crippen molar-refractivity contribution in [2.45, 2.75) is 32.6 Å². The van der Waals surface area contributed by atoms with Crippen LogP contribution in [0.25, 0.3) is 0 Å². The molecule has 3 N–H and O–H groups in total. The third-order valence-electron chi connectivity index (χ3n) is 2.98. The number of guanidine groups is 1. The van der Waals surface area contributed by atoms with Crippen LogP contribution < -0.4 is 11.1 Å². The molecule has 0 aliphatic carbocycles. The molecule has 0 amide bonds. The zero-order valence-electron chi connectivity index (χ0n) is 13.0. The van der Waals surface area contributed by atoms with Crippen molar-refractivity contribution in [3.05, 3.63) is 35.4 Å². The lowest BCUT2D eigenvalue weighted by Crippen LogP contribution is -2.32. The second-order valence-corrected chi connectivity index (χ2v) is 7.79. The highest BCUT2D eigenvalue weighted by Crippen LogP contribution is 2.13. The van der Waals surface area contributed by atoms with Gasteiger partial charge in [0.25, 0.3) is 0 Å². The molecule has 0 unspecified atom stereocenters. The number of nitrogens with two attached hydrogens (primary N) is 1. The van der Waals surface area contributed by atoms with Crippen LogP contribution >= 0.6 is 0 Å². The molecule has 1 aromatic carbocycles. The first kappa shape index (κ1) is 17.5. The van der Waals surface area contributed by atoms with Gasteiger partial charge in [-0.15, -0.1) is 0 Å². The number of sulfone groups is 1. The van der Waals surface area contributed by atoms with E-state index in [1.807, 2.05) is 24.3 Å². The largest absolute Gasteiger partial charge is 0.370 e. The fourth-order valence-corrected chi connectivity index (χ4v) is 2.70. The summed E-state index contributed by atoms with van der Waals surface area (Å²) in [5, 5.41) is 3.06. The van der Waals surface area contributed by atoms with E-state index < -0.39 is 9.84 Å². The Morgan fingerprint density at radius 2 is 1.90 bits per heavy atom. The van der Waals surface area contributed by atoms with E-state index in [0.29, 0.717) is 18.4 Å². The van der Waals surface area contributed by atoms with E-state index in [2.05, 4.69) is 24.2 Å². The van der Waals surface area contributed by atoms with Crippen molar-refractivity contribution in [1.82, 2.24) is 5.32 Å². The quantitative estimate of drug-likeness (QED) is 0.593. The van der Waals surface area contributed by atoms with Crippen molar-refractivity contribution in [2.24, 2.45) is 16.6 Å². The molecule has 21 heavy (non-hydrogen) atoms. The molecule has 0 aliphatic heterocycles. The van der Waals surface area contributed by atoms with E-state index in [4.69, 9.17) is 5.73 Å². The number of rotatable bonds is 7. The summed E-state index contributed by atoms with van der Waals surface area (Å²) in [6.07, 6.45) is 2.26. The Hall–Kier alpha value is -1.56. The number of aliphatic imine (C=N–C) groups is 1. The maximum Gasteiger partial charge on any atom is 0.188 e. The second kappa shape index (κ2) is 8.02. The fourth-order valence-electron chi connectivity index (χ4n) is 1.85. The summed E-state index contributed by atoms with van der Waals surface area (Å²) < 4.78 is 22.8. The minimum absolute atomic E-state index is 0.0272. The van der Waals surface area contributed by atoms with E-state index in [1.165, 1.54) is 6.26 Å². The van der Waals surface area contributed by atoms with Gasteiger partial charge in [-0.05, 0) is 23.5 Å². The molecule has 118 valence electrons. The van der Waals surface area contributed by atoms with Gasteiger partial charge in [0.15, 0.2) is 15.8 Å². The fraction of sp³-hybridized carbons (Fsp3) is 0.533. The molecule has 0 saturated carbocycles. The smallest absolute Gasteiger partial charge is 0.188 e. The van der Waals surface area contributed by atoms with Crippen molar-refractivity contribution in [3.8, 4) is 0 Å². The minimum Gasteiger partial charge on any atom is -0.370 e. The Morgan fingerprint density at radius 3 is 2.48 bits per heavy atom. The van der Waals surface area contributed by atoms with Gasteiger partial charge in [0.05, 0.1) is 12.3 Å². The van der Waals surface area contributed by atoms with Crippen LogP contribution in [-0.4, -0.2) is 27.2 Å². The van der Waals surface area contributed by atoms with Gasteiger partial charge >= 0.3 is 0 Å². The first-order chi connectivity index (χ1) is 9.78. The Balaban J connectivity index is 2.66. The third-order valence-corrected chi connectivity index (χ3v) is 3.82. The molecule has 0 aromatic heterocycles. The maximum absolute atomic E-state index is 11.4.